The Kier molecular flexibility index (Phi) is 5.29. The fourth-order valence-corrected chi connectivity index (χ4v) is 3.89. The van der Waals surface area contributed by atoms with Crippen molar-refractivity contribution in [1.29, 1.82) is 0 Å². The number of hydrogen-bond acceptors (Lipinski definition) is 7. The van der Waals surface area contributed by atoms with E-state index >= 15 is 0 Å². The number of aliphatic carboxylic acids is 2. The largest absolute Gasteiger partial charge is 0.550 e. The Morgan fingerprint density at radius 3 is 2.24 bits per heavy atom. The number of nitrogens with one attached hydrogen (secondary N) is 1. The molecule has 134 valence electrons. The summed E-state index contributed by atoms with van der Waals surface area (Å²) >= 11 is 0. The predicted molar refractivity (Wildman–Crippen MR) is 87.0 cm³/mol. The van der Waals surface area contributed by atoms with Crippen LogP contribution in [0.25, 0.3) is 10.8 Å². The Morgan fingerprint density at radius 2 is 1.68 bits per heavy atom. The number of carbonyl (C=O) groups excluding carboxylic acids is 2. The SMILES string of the molecule is CN(C)c1cccc2c(S(=O)(=O)NC(CC(=O)[O-])C(=O)[O-])cccc12. The first-order valence-corrected chi connectivity index (χ1v) is 8.74. The van der Waals surface area contributed by atoms with E-state index in [0.29, 0.717) is 10.8 Å². The molecule has 25 heavy (non-hydrogen) atoms. The van der Waals surface area contributed by atoms with Gasteiger partial charge in [-0.2, -0.15) is 0 Å². The first-order chi connectivity index (χ1) is 11.6. The molecule has 1 N–H and O–H groups in total. The smallest absolute Gasteiger partial charge is 0.241 e. The molecule has 9 heteroatoms. The first-order valence-electron chi connectivity index (χ1n) is 7.25. The van der Waals surface area contributed by atoms with Crippen molar-refractivity contribution in [1.82, 2.24) is 4.72 Å². The average Bonchev–Trinajstić information content (AvgIpc) is 2.52. The van der Waals surface area contributed by atoms with Gasteiger partial charge in [-0.15, -0.1) is 0 Å². The van der Waals surface area contributed by atoms with Crippen molar-refractivity contribution in [2.75, 3.05) is 19.0 Å². The Labute approximate surface area is 144 Å². The maximum Gasteiger partial charge on any atom is 0.241 e. The number of fused-ring (bicyclic) bond motifs is 1. The summed E-state index contributed by atoms with van der Waals surface area (Å²) in [5.41, 5.74) is 0.778. The van der Waals surface area contributed by atoms with Gasteiger partial charge in [0.2, 0.25) is 10.0 Å². The third-order valence-electron chi connectivity index (χ3n) is 3.58. The van der Waals surface area contributed by atoms with E-state index in [1.807, 2.05) is 15.7 Å². The van der Waals surface area contributed by atoms with Gasteiger partial charge in [0.25, 0.3) is 0 Å². The number of carbonyl (C=O) groups is 2. The summed E-state index contributed by atoms with van der Waals surface area (Å²) in [6, 6.07) is 7.72. The molecule has 2 rings (SSSR count). The van der Waals surface area contributed by atoms with Crippen molar-refractivity contribution in [3.63, 3.8) is 0 Å². The molecule has 0 saturated heterocycles. The molecule has 0 bridgehead atoms. The number of anilines is 1. The number of nitrogens with zero attached hydrogens (tertiary/aromatic N) is 1. The zero-order valence-electron chi connectivity index (χ0n) is 13.6. The van der Waals surface area contributed by atoms with Crippen LogP contribution in [0.4, 0.5) is 5.69 Å². The van der Waals surface area contributed by atoms with Crippen LogP contribution in [0.1, 0.15) is 6.42 Å². The molecule has 0 aromatic heterocycles. The lowest BCUT2D eigenvalue weighted by Crippen LogP contribution is -2.50. The summed E-state index contributed by atoms with van der Waals surface area (Å²) in [5, 5.41) is 22.7. The molecule has 0 radical (unpaired) electrons. The van der Waals surface area contributed by atoms with Crippen LogP contribution in [0.15, 0.2) is 41.3 Å². The molecule has 0 heterocycles. The molecule has 1 unspecified atom stereocenters. The maximum absolute atomic E-state index is 12.6. The van der Waals surface area contributed by atoms with Gasteiger partial charge in [-0.05, 0) is 12.1 Å². The van der Waals surface area contributed by atoms with Gasteiger partial charge in [0.05, 0.1) is 16.9 Å². The molecule has 0 fully saturated rings. The van der Waals surface area contributed by atoms with Gasteiger partial charge in [0, 0.05) is 42.9 Å². The quantitative estimate of drug-likeness (QED) is 0.629. The molecule has 2 aromatic carbocycles. The van der Waals surface area contributed by atoms with Crippen molar-refractivity contribution < 1.29 is 28.2 Å². The fourth-order valence-electron chi connectivity index (χ4n) is 2.48. The van der Waals surface area contributed by atoms with Crippen molar-refractivity contribution in [3.8, 4) is 0 Å². The normalized spacial score (nSPS) is 12.7. The van der Waals surface area contributed by atoms with E-state index < -0.39 is 34.4 Å². The number of sulfonamides is 1. The highest BCUT2D eigenvalue weighted by molar-refractivity contribution is 7.89. The maximum atomic E-state index is 12.6. The van der Waals surface area contributed by atoms with Crippen molar-refractivity contribution in [2.24, 2.45) is 0 Å². The molecular weight excluding hydrogens is 348 g/mol. The lowest BCUT2D eigenvalue weighted by atomic mass is 10.1. The minimum absolute atomic E-state index is 0.154. The van der Waals surface area contributed by atoms with E-state index in [1.165, 1.54) is 12.1 Å². The van der Waals surface area contributed by atoms with Gasteiger partial charge < -0.3 is 24.7 Å². The van der Waals surface area contributed by atoms with Crippen LogP contribution in [0.3, 0.4) is 0 Å². The van der Waals surface area contributed by atoms with Crippen molar-refractivity contribution >= 4 is 38.4 Å². The zero-order valence-corrected chi connectivity index (χ0v) is 14.4. The molecule has 1 atom stereocenters. The van der Waals surface area contributed by atoms with Crippen LogP contribution in [0.5, 0.6) is 0 Å². The molecule has 0 aliphatic heterocycles. The van der Waals surface area contributed by atoms with E-state index in [-0.39, 0.29) is 4.90 Å². The predicted octanol–water partition coefficient (Wildman–Crippen LogP) is -1.56. The van der Waals surface area contributed by atoms with Gasteiger partial charge in [-0.25, -0.2) is 13.1 Å². The number of rotatable bonds is 7. The number of benzene rings is 2. The van der Waals surface area contributed by atoms with Crippen LogP contribution in [0.2, 0.25) is 0 Å². The van der Waals surface area contributed by atoms with Gasteiger partial charge in [-0.1, -0.05) is 24.3 Å². The summed E-state index contributed by atoms with van der Waals surface area (Å²) in [6.45, 7) is 0. The van der Waals surface area contributed by atoms with Gasteiger partial charge in [0.15, 0.2) is 0 Å². The third-order valence-corrected chi connectivity index (χ3v) is 5.11. The minimum Gasteiger partial charge on any atom is -0.550 e. The third kappa shape index (κ3) is 4.06. The summed E-state index contributed by atoms with van der Waals surface area (Å²) in [5.74, 6) is -3.55. The Morgan fingerprint density at radius 1 is 1.08 bits per heavy atom. The standard InChI is InChI=1S/C16H18N2O6S/c1-18(2)13-7-3-6-11-10(13)5-4-8-14(11)25(23,24)17-12(16(21)22)9-15(19)20/h3-8,12,17H,9H2,1-2H3,(H,19,20)(H,21,22)/p-2. The van der Waals surface area contributed by atoms with Crippen LogP contribution in [0, 0.1) is 0 Å². The van der Waals surface area contributed by atoms with E-state index in [1.54, 1.807) is 32.3 Å². The molecular formula is C16H16N2O6S-2. The Balaban J connectivity index is 2.54. The van der Waals surface area contributed by atoms with E-state index in [0.717, 1.165) is 5.69 Å². The fraction of sp³-hybridized carbons (Fsp3) is 0.250. The average molecular weight is 364 g/mol. The highest BCUT2D eigenvalue weighted by Crippen LogP contribution is 2.30. The van der Waals surface area contributed by atoms with Crippen LogP contribution >= 0.6 is 0 Å². The highest BCUT2D eigenvalue weighted by atomic mass is 32.2. The minimum atomic E-state index is -4.30. The summed E-state index contributed by atoms with van der Waals surface area (Å²) in [6.07, 6.45) is -1.03. The molecule has 0 aliphatic rings. The summed E-state index contributed by atoms with van der Waals surface area (Å²) < 4.78 is 27.0. The molecule has 0 spiro atoms. The lowest BCUT2D eigenvalue weighted by molar-refractivity contribution is -0.317. The number of carboxylic acid groups (broad SMARTS) is 2. The second-order valence-corrected chi connectivity index (χ2v) is 7.27. The molecule has 0 aliphatic carbocycles. The first kappa shape index (κ1) is 18.7. The lowest BCUT2D eigenvalue weighted by Gasteiger charge is -2.21. The number of carboxylic acids is 2. The summed E-state index contributed by atoms with van der Waals surface area (Å²) in [7, 11) is -0.688. The molecule has 0 amide bonds. The monoisotopic (exact) mass is 364 g/mol. The Bertz CT molecular complexity index is 923. The molecule has 2 aromatic rings. The Hall–Kier alpha value is -2.65. The second-order valence-electron chi connectivity index (χ2n) is 5.59. The van der Waals surface area contributed by atoms with Crippen molar-refractivity contribution in [3.05, 3.63) is 36.4 Å². The van der Waals surface area contributed by atoms with Crippen LogP contribution in [-0.4, -0.2) is 40.5 Å². The van der Waals surface area contributed by atoms with Gasteiger partial charge >= 0.3 is 0 Å². The second kappa shape index (κ2) is 7.08. The van der Waals surface area contributed by atoms with Gasteiger partial charge in [-0.3, -0.25) is 0 Å². The van der Waals surface area contributed by atoms with E-state index in [4.69, 9.17) is 0 Å². The van der Waals surface area contributed by atoms with Gasteiger partial charge in [0.1, 0.15) is 0 Å². The van der Waals surface area contributed by atoms with E-state index in [9.17, 15) is 28.2 Å². The summed E-state index contributed by atoms with van der Waals surface area (Å²) in [4.78, 5) is 23.3. The molecule has 8 nitrogen and oxygen atoms in total. The van der Waals surface area contributed by atoms with Crippen LogP contribution in [-0.2, 0) is 19.6 Å². The van der Waals surface area contributed by atoms with Crippen LogP contribution < -0.4 is 19.8 Å². The molecule has 0 saturated carbocycles. The number of hydrogen-bond donors (Lipinski definition) is 1. The topological polar surface area (TPSA) is 130 Å². The zero-order chi connectivity index (χ0) is 18.8. The van der Waals surface area contributed by atoms with Crippen molar-refractivity contribution in [2.45, 2.75) is 17.4 Å². The van der Waals surface area contributed by atoms with E-state index in [2.05, 4.69) is 0 Å². The highest BCUT2D eigenvalue weighted by Gasteiger charge is 2.23.